The first-order valence-corrected chi connectivity index (χ1v) is 9.98. The second kappa shape index (κ2) is 10.1. The summed E-state index contributed by atoms with van der Waals surface area (Å²) in [5.41, 5.74) is 6.70. The lowest BCUT2D eigenvalue weighted by Crippen LogP contribution is -2.41. The zero-order valence-corrected chi connectivity index (χ0v) is 17.7. The Morgan fingerprint density at radius 2 is 1.87 bits per heavy atom. The molecule has 0 unspecified atom stereocenters. The topological polar surface area (TPSA) is 85.2 Å². The van der Waals surface area contributed by atoms with E-state index in [2.05, 4.69) is 16.0 Å². The number of benzene rings is 2. The van der Waals surface area contributed by atoms with E-state index in [1.807, 2.05) is 30.3 Å². The van der Waals surface area contributed by atoms with Crippen molar-refractivity contribution in [1.82, 2.24) is 20.6 Å². The lowest BCUT2D eigenvalue weighted by molar-refractivity contribution is -0.122. The molecule has 0 spiro atoms. The summed E-state index contributed by atoms with van der Waals surface area (Å²) >= 11 is 11.9. The van der Waals surface area contributed by atoms with Gasteiger partial charge >= 0.3 is 0 Å². The van der Waals surface area contributed by atoms with E-state index in [9.17, 15) is 9.59 Å². The molecule has 2 amide bonds. The summed E-state index contributed by atoms with van der Waals surface area (Å²) in [5.74, 6) is -0.268. The van der Waals surface area contributed by atoms with Crippen LogP contribution >= 0.6 is 23.2 Å². The fourth-order valence-corrected chi connectivity index (χ4v) is 3.19. The number of aromatic nitrogens is 2. The molecule has 2 N–H and O–H groups in total. The van der Waals surface area contributed by atoms with Gasteiger partial charge in [0, 0.05) is 11.4 Å². The molecule has 7 nitrogen and oxygen atoms in total. The van der Waals surface area contributed by atoms with Gasteiger partial charge in [0.2, 0.25) is 5.91 Å². The summed E-state index contributed by atoms with van der Waals surface area (Å²) in [6, 6.07) is 14.4. The van der Waals surface area contributed by atoms with Crippen LogP contribution in [0.3, 0.4) is 0 Å². The van der Waals surface area contributed by atoms with Crippen molar-refractivity contribution in [3.8, 4) is 11.4 Å². The van der Waals surface area contributed by atoms with Crippen LogP contribution in [0.15, 0.2) is 54.7 Å². The molecule has 0 aliphatic heterocycles. The molecule has 156 valence electrons. The van der Waals surface area contributed by atoms with Gasteiger partial charge in [0.1, 0.15) is 5.75 Å². The van der Waals surface area contributed by atoms with Gasteiger partial charge < -0.3 is 4.74 Å². The molecule has 0 aliphatic rings. The molecule has 30 heavy (non-hydrogen) atoms. The third-order valence-corrected chi connectivity index (χ3v) is 4.80. The Morgan fingerprint density at radius 3 is 2.60 bits per heavy atom. The summed E-state index contributed by atoms with van der Waals surface area (Å²) in [6.45, 7) is 2.08. The van der Waals surface area contributed by atoms with Crippen LogP contribution < -0.4 is 15.6 Å². The van der Waals surface area contributed by atoms with Crippen molar-refractivity contribution in [3.63, 3.8) is 0 Å². The Bertz CT molecular complexity index is 1040. The maximum atomic E-state index is 12.4. The molecule has 3 aromatic rings. The molecule has 0 radical (unpaired) electrons. The molecule has 3 rings (SSSR count). The van der Waals surface area contributed by atoms with Crippen molar-refractivity contribution in [2.24, 2.45) is 0 Å². The lowest BCUT2D eigenvalue weighted by Gasteiger charge is -2.09. The zero-order valence-electron chi connectivity index (χ0n) is 16.2. The van der Waals surface area contributed by atoms with Crippen molar-refractivity contribution in [2.45, 2.75) is 19.8 Å². The molecule has 1 heterocycles. The van der Waals surface area contributed by atoms with E-state index in [1.54, 1.807) is 29.8 Å². The fourth-order valence-electron chi connectivity index (χ4n) is 2.73. The minimum absolute atomic E-state index is 0.174. The number of rotatable bonds is 7. The van der Waals surface area contributed by atoms with Crippen molar-refractivity contribution in [1.29, 1.82) is 0 Å². The Hall–Kier alpha value is -3.03. The number of carbonyl (C=O) groups excluding carboxylic acids is 2. The number of nitrogens with one attached hydrogen (secondary N) is 2. The van der Waals surface area contributed by atoms with Crippen LogP contribution in [-0.4, -0.2) is 28.2 Å². The molecule has 9 heteroatoms. The average Bonchev–Trinajstić information content (AvgIpc) is 3.12. The van der Waals surface area contributed by atoms with Crippen LogP contribution in [0, 0.1) is 6.92 Å². The molecule has 1 aromatic heterocycles. The third-order valence-electron chi connectivity index (χ3n) is 4.27. The molecular formula is C21H20Cl2N4O3. The van der Waals surface area contributed by atoms with E-state index >= 15 is 0 Å². The first-order chi connectivity index (χ1) is 14.5. The highest BCUT2D eigenvalue weighted by molar-refractivity contribution is 6.35. The normalized spacial score (nSPS) is 10.5. The van der Waals surface area contributed by atoms with Crippen LogP contribution in [0.2, 0.25) is 10.0 Å². The van der Waals surface area contributed by atoms with Gasteiger partial charge in [-0.15, -0.1) is 0 Å². The molecule has 0 atom stereocenters. The minimum atomic E-state index is -0.438. The van der Waals surface area contributed by atoms with Gasteiger partial charge in [-0.1, -0.05) is 41.4 Å². The molecular weight excluding hydrogens is 427 g/mol. The lowest BCUT2D eigenvalue weighted by atomic mass is 10.2. The summed E-state index contributed by atoms with van der Waals surface area (Å²) in [7, 11) is 0. The number of hydrazine groups is 1. The quantitative estimate of drug-likeness (QED) is 0.422. The minimum Gasteiger partial charge on any atom is -0.492 e. The Morgan fingerprint density at radius 1 is 1.10 bits per heavy atom. The zero-order chi connectivity index (χ0) is 21.5. The molecule has 0 saturated heterocycles. The molecule has 0 bridgehead atoms. The Balaban J connectivity index is 1.43. The Kier molecular flexibility index (Phi) is 7.32. The molecule has 0 aliphatic carbocycles. The van der Waals surface area contributed by atoms with Crippen LogP contribution in [0.25, 0.3) is 5.69 Å². The summed E-state index contributed by atoms with van der Waals surface area (Å²) < 4.78 is 7.19. The SMILES string of the molecule is Cc1c(C(=O)NNC(=O)CCCOc2ccc(Cl)cc2Cl)cnn1-c1ccccc1. The number of hydrogen-bond acceptors (Lipinski definition) is 4. The summed E-state index contributed by atoms with van der Waals surface area (Å²) in [5, 5.41) is 5.17. The van der Waals surface area contributed by atoms with Crippen LogP contribution in [0.5, 0.6) is 5.75 Å². The predicted octanol–water partition coefficient (Wildman–Crippen LogP) is 4.11. The number of hydrogen-bond donors (Lipinski definition) is 2. The van der Waals surface area contributed by atoms with Crippen LogP contribution in [0.1, 0.15) is 28.9 Å². The average molecular weight is 447 g/mol. The number of para-hydroxylation sites is 1. The molecule has 0 fully saturated rings. The molecule has 2 aromatic carbocycles. The highest BCUT2D eigenvalue weighted by Gasteiger charge is 2.15. The van der Waals surface area contributed by atoms with Gasteiger partial charge in [0.15, 0.2) is 0 Å². The molecule has 0 saturated carbocycles. The van der Waals surface area contributed by atoms with Crippen molar-refractivity contribution >= 4 is 35.0 Å². The number of halogens is 2. The maximum Gasteiger partial charge on any atom is 0.273 e. The number of carbonyl (C=O) groups is 2. The van der Waals surface area contributed by atoms with E-state index in [0.29, 0.717) is 40.1 Å². The van der Waals surface area contributed by atoms with Crippen LogP contribution in [-0.2, 0) is 4.79 Å². The monoisotopic (exact) mass is 446 g/mol. The first-order valence-electron chi connectivity index (χ1n) is 9.23. The largest absolute Gasteiger partial charge is 0.492 e. The van der Waals surface area contributed by atoms with E-state index in [4.69, 9.17) is 27.9 Å². The van der Waals surface area contributed by atoms with E-state index in [-0.39, 0.29) is 12.3 Å². The van der Waals surface area contributed by atoms with Gasteiger partial charge in [0.05, 0.1) is 34.8 Å². The standard InChI is InChI=1S/C21H20Cl2N4O3/c1-14-17(13-24-27(14)16-6-3-2-4-7-16)21(29)26-25-20(28)8-5-11-30-19-10-9-15(22)12-18(19)23/h2-4,6-7,9-10,12-13H,5,8,11H2,1H3,(H,25,28)(H,26,29). The van der Waals surface area contributed by atoms with Crippen molar-refractivity contribution < 1.29 is 14.3 Å². The van der Waals surface area contributed by atoms with Gasteiger partial charge in [-0.05, 0) is 43.7 Å². The van der Waals surface area contributed by atoms with Crippen molar-refractivity contribution in [2.75, 3.05) is 6.61 Å². The first kappa shape index (κ1) is 21.7. The second-order valence-corrected chi connectivity index (χ2v) is 7.26. The van der Waals surface area contributed by atoms with E-state index < -0.39 is 5.91 Å². The highest BCUT2D eigenvalue weighted by Crippen LogP contribution is 2.27. The van der Waals surface area contributed by atoms with Crippen molar-refractivity contribution in [3.05, 3.63) is 76.0 Å². The number of ether oxygens (including phenoxy) is 1. The van der Waals surface area contributed by atoms with Gasteiger partial charge in [-0.25, -0.2) is 4.68 Å². The maximum absolute atomic E-state index is 12.4. The summed E-state index contributed by atoms with van der Waals surface area (Å²) in [6.07, 6.45) is 2.09. The predicted molar refractivity (Wildman–Crippen MR) is 115 cm³/mol. The van der Waals surface area contributed by atoms with Crippen LogP contribution in [0.4, 0.5) is 0 Å². The van der Waals surface area contributed by atoms with Gasteiger partial charge in [0.25, 0.3) is 5.91 Å². The number of nitrogens with zero attached hydrogens (tertiary/aromatic N) is 2. The van der Waals surface area contributed by atoms with Gasteiger partial charge in [-0.3, -0.25) is 20.4 Å². The van der Waals surface area contributed by atoms with Gasteiger partial charge in [-0.2, -0.15) is 5.10 Å². The number of amides is 2. The highest BCUT2D eigenvalue weighted by atomic mass is 35.5. The smallest absolute Gasteiger partial charge is 0.273 e. The summed E-state index contributed by atoms with van der Waals surface area (Å²) in [4.78, 5) is 24.3. The Labute approximate surface area is 183 Å². The fraction of sp³-hybridized carbons (Fsp3) is 0.190. The van der Waals surface area contributed by atoms with E-state index in [1.165, 1.54) is 6.20 Å². The third kappa shape index (κ3) is 5.52. The second-order valence-electron chi connectivity index (χ2n) is 6.42. The van der Waals surface area contributed by atoms with E-state index in [0.717, 1.165) is 5.69 Å².